The largest absolute Gasteiger partial charge is 1.00 e. The Morgan fingerprint density at radius 3 is 2.32 bits per heavy atom. The van der Waals surface area contributed by atoms with Gasteiger partial charge in [0.2, 0.25) is 0 Å². The maximum absolute atomic E-state index is 13.3. The fourth-order valence-electron chi connectivity index (χ4n) is 4.25. The molecule has 2 atom stereocenters. The Morgan fingerprint density at radius 2 is 1.61 bits per heavy atom. The molecule has 2 unspecified atom stereocenters. The summed E-state index contributed by atoms with van der Waals surface area (Å²) >= 11 is 0. The molecule has 41 heavy (non-hydrogen) atoms. The first-order chi connectivity index (χ1) is 19.3. The molecule has 6 nitrogen and oxygen atoms in total. The van der Waals surface area contributed by atoms with Crippen molar-refractivity contribution in [1.29, 1.82) is 0 Å². The van der Waals surface area contributed by atoms with Gasteiger partial charge in [-0.2, -0.15) is 0 Å². The van der Waals surface area contributed by atoms with E-state index in [1.54, 1.807) is 6.07 Å². The average molecular weight is 562 g/mol. The Labute approximate surface area is 256 Å². The monoisotopic (exact) mass is 561 g/mol. The van der Waals surface area contributed by atoms with Crippen LogP contribution in [0.4, 0.5) is 0 Å². The third-order valence-corrected chi connectivity index (χ3v) is 7.18. The van der Waals surface area contributed by atoms with Crippen LogP contribution in [0.2, 0.25) is 0 Å². The third-order valence-electron chi connectivity index (χ3n) is 6.37. The van der Waals surface area contributed by atoms with Crippen molar-refractivity contribution in [2.24, 2.45) is 0 Å². The number of carboxylic acids is 1. The zero-order chi connectivity index (χ0) is 28.5. The number of ether oxygens (including phenoxy) is 1. The molecule has 2 N–H and O–H groups in total. The minimum Gasteiger partial charge on any atom is -1.00 e. The number of rotatable bonds is 11. The third kappa shape index (κ3) is 8.80. The smallest absolute Gasteiger partial charge is 1.00 e. The van der Waals surface area contributed by atoms with Crippen LogP contribution >= 0.6 is 0 Å². The van der Waals surface area contributed by atoms with E-state index in [0.29, 0.717) is 16.9 Å². The number of aryl methyl sites for hydroxylation is 1. The van der Waals surface area contributed by atoms with E-state index in [1.165, 1.54) is 6.26 Å². The van der Waals surface area contributed by atoms with Crippen molar-refractivity contribution >= 4 is 34.8 Å². The first-order valence-electron chi connectivity index (χ1n) is 12.9. The number of amides is 1. The Bertz CT molecular complexity index is 1560. The van der Waals surface area contributed by atoms with E-state index in [-0.39, 0.29) is 32.5 Å². The second-order valence-electron chi connectivity index (χ2n) is 9.34. The van der Waals surface area contributed by atoms with Crippen molar-refractivity contribution in [2.75, 3.05) is 12.0 Å². The van der Waals surface area contributed by atoms with Crippen molar-refractivity contribution in [2.45, 2.75) is 19.4 Å². The molecule has 0 saturated heterocycles. The molecule has 0 saturated carbocycles. The SMILES string of the molecule is Cc1ccccc1-c1cc(C=Cc2ccccc2Oc2ccccc2)ccc1C(=O)NC(CCS(C)=O)C(=O)O.[H-].[Li+]. The molecule has 4 rings (SSSR count). The summed E-state index contributed by atoms with van der Waals surface area (Å²) in [6.07, 6.45) is 5.50. The first kappa shape index (κ1) is 31.6. The van der Waals surface area contributed by atoms with Gasteiger partial charge in [0.05, 0.1) is 0 Å². The van der Waals surface area contributed by atoms with Gasteiger partial charge in [0.1, 0.15) is 17.5 Å². The van der Waals surface area contributed by atoms with Crippen LogP contribution in [-0.4, -0.2) is 39.2 Å². The molecule has 0 spiro atoms. The molecule has 0 heterocycles. The second kappa shape index (κ2) is 15.2. The summed E-state index contributed by atoms with van der Waals surface area (Å²) in [7, 11) is -1.17. The second-order valence-corrected chi connectivity index (χ2v) is 10.9. The molecule has 0 bridgehead atoms. The number of benzene rings is 4. The summed E-state index contributed by atoms with van der Waals surface area (Å²) in [6.45, 7) is 1.97. The molecule has 0 aromatic heterocycles. The van der Waals surface area contributed by atoms with Gasteiger partial charge in [-0.15, -0.1) is 0 Å². The molecule has 4 aromatic rings. The van der Waals surface area contributed by atoms with E-state index >= 15 is 0 Å². The summed E-state index contributed by atoms with van der Waals surface area (Å²) in [5.74, 6) is -0.0174. The number of carbonyl (C=O) groups is 2. The van der Waals surface area contributed by atoms with Gasteiger partial charge in [0.25, 0.3) is 5.91 Å². The summed E-state index contributed by atoms with van der Waals surface area (Å²) in [4.78, 5) is 25.1. The van der Waals surface area contributed by atoms with Crippen molar-refractivity contribution in [3.63, 3.8) is 0 Å². The molecule has 4 aromatic carbocycles. The molecule has 206 valence electrons. The maximum atomic E-state index is 13.3. The number of nitrogens with one attached hydrogen (secondary N) is 1. The Balaban J connectivity index is 0.00000308. The number of aliphatic carboxylic acids is 1. The molecule has 1 amide bonds. The molecule has 0 radical (unpaired) electrons. The van der Waals surface area contributed by atoms with Crippen LogP contribution in [0, 0.1) is 6.92 Å². The van der Waals surface area contributed by atoms with Crippen molar-refractivity contribution in [3.05, 3.63) is 119 Å². The molecule has 0 aliphatic carbocycles. The van der Waals surface area contributed by atoms with Crippen LogP contribution < -0.4 is 28.9 Å². The van der Waals surface area contributed by atoms with Crippen molar-refractivity contribution in [1.82, 2.24) is 5.32 Å². The fourth-order valence-corrected chi connectivity index (χ4v) is 4.82. The molecule has 0 fully saturated rings. The number of carbonyl (C=O) groups excluding carboxylic acids is 1. The number of hydrogen-bond acceptors (Lipinski definition) is 4. The van der Waals surface area contributed by atoms with Gasteiger partial charge in [-0.05, 0) is 65.9 Å². The predicted molar refractivity (Wildman–Crippen MR) is 162 cm³/mol. The summed E-state index contributed by atoms with van der Waals surface area (Å²) < 4.78 is 17.6. The Morgan fingerprint density at radius 1 is 0.927 bits per heavy atom. The van der Waals surface area contributed by atoms with Crippen LogP contribution in [0.5, 0.6) is 11.5 Å². The van der Waals surface area contributed by atoms with Crippen LogP contribution in [0.1, 0.15) is 34.9 Å². The van der Waals surface area contributed by atoms with E-state index in [0.717, 1.165) is 28.0 Å². The number of hydrogen-bond donors (Lipinski definition) is 2. The van der Waals surface area contributed by atoms with E-state index in [2.05, 4.69) is 5.32 Å². The van der Waals surface area contributed by atoms with Gasteiger partial charge >= 0.3 is 24.8 Å². The fraction of sp³-hybridized carbons (Fsp3) is 0.152. The molecule has 0 aliphatic heterocycles. The van der Waals surface area contributed by atoms with Crippen LogP contribution in [0.15, 0.2) is 97.1 Å². The molecule has 0 aliphatic rings. The number of para-hydroxylation sites is 2. The zero-order valence-corrected chi connectivity index (χ0v) is 24.2. The predicted octanol–water partition coefficient (Wildman–Crippen LogP) is 3.69. The Kier molecular flexibility index (Phi) is 11.7. The minimum atomic E-state index is -1.17. The van der Waals surface area contributed by atoms with Crippen molar-refractivity contribution in [3.8, 4) is 22.6 Å². The Hall–Kier alpha value is -3.89. The van der Waals surface area contributed by atoms with Gasteiger partial charge in [-0.25, -0.2) is 4.79 Å². The maximum Gasteiger partial charge on any atom is 1.00 e. The summed E-state index contributed by atoms with van der Waals surface area (Å²) in [5, 5.41) is 12.2. The first-order valence-corrected chi connectivity index (χ1v) is 14.6. The van der Waals surface area contributed by atoms with Crippen LogP contribution in [-0.2, 0) is 15.6 Å². The quantitative estimate of drug-likeness (QED) is 0.215. The van der Waals surface area contributed by atoms with Gasteiger partial charge in [0, 0.05) is 33.9 Å². The van der Waals surface area contributed by atoms with Gasteiger partial charge in [-0.1, -0.05) is 78.9 Å². The van der Waals surface area contributed by atoms with E-state index < -0.39 is 28.7 Å². The normalized spacial score (nSPS) is 12.2. The van der Waals surface area contributed by atoms with Crippen molar-refractivity contribution < 1.29 is 43.9 Å². The van der Waals surface area contributed by atoms with Gasteiger partial charge in [0.15, 0.2) is 0 Å². The van der Waals surface area contributed by atoms with Gasteiger partial charge in [-0.3, -0.25) is 9.00 Å². The van der Waals surface area contributed by atoms with E-state index in [1.807, 2.05) is 110 Å². The number of carboxylic acid groups (broad SMARTS) is 1. The van der Waals surface area contributed by atoms with E-state index in [9.17, 15) is 18.9 Å². The topological polar surface area (TPSA) is 92.7 Å². The standard InChI is InChI=1S/C33H31NO5S.Li.H/c1-23-10-6-8-14-27(23)29-22-24(17-19-28(29)32(35)34-30(33(36)37)20-21-40(2)38)16-18-25-11-7-9-15-31(25)39-26-12-4-3-5-13-26;;/h3-19,22,30H,20-21H2,1-2H3,(H,34,35)(H,36,37);;/q;+1;-1. The minimum absolute atomic E-state index is 0. The molecular formula is C33H32LiNO5S. The average Bonchev–Trinajstić information content (AvgIpc) is 2.95. The summed E-state index contributed by atoms with van der Waals surface area (Å²) in [5.41, 5.74) is 4.66. The molecular weight excluding hydrogens is 529 g/mol. The van der Waals surface area contributed by atoms with Crippen LogP contribution in [0.3, 0.4) is 0 Å². The summed E-state index contributed by atoms with van der Waals surface area (Å²) in [6, 6.07) is 29.4. The zero-order valence-electron chi connectivity index (χ0n) is 24.4. The van der Waals surface area contributed by atoms with Gasteiger partial charge < -0.3 is 16.6 Å². The molecule has 8 heteroatoms. The van der Waals surface area contributed by atoms with Crippen LogP contribution in [0.25, 0.3) is 23.3 Å². The van der Waals surface area contributed by atoms with E-state index in [4.69, 9.17) is 4.74 Å².